The summed E-state index contributed by atoms with van der Waals surface area (Å²) in [5.74, 6) is -0.0103. The van der Waals surface area contributed by atoms with Gasteiger partial charge in [0.15, 0.2) is 5.65 Å². The van der Waals surface area contributed by atoms with Gasteiger partial charge < -0.3 is 9.64 Å². The first kappa shape index (κ1) is 14.8. The number of carbonyl (C=O) groups is 1. The van der Waals surface area contributed by atoms with Gasteiger partial charge in [0.1, 0.15) is 0 Å². The molecule has 1 saturated heterocycles. The Balaban J connectivity index is 1.85. The average Bonchev–Trinajstić information content (AvgIpc) is 3.03. The molecule has 1 amide bonds. The van der Waals surface area contributed by atoms with Gasteiger partial charge in [-0.2, -0.15) is 5.10 Å². The minimum Gasteiger partial charge on any atom is -0.378 e. The molecule has 0 aromatic carbocycles. The van der Waals surface area contributed by atoms with E-state index in [4.69, 9.17) is 4.74 Å². The van der Waals surface area contributed by atoms with Gasteiger partial charge in [0.2, 0.25) is 0 Å². The predicted molar refractivity (Wildman–Crippen MR) is 88.5 cm³/mol. The standard InChI is InChI=1S/C17H17N5O2/c1-21-16-14(11-19-21)13(17(23)22-5-7-24-8-6-22)9-15(20-16)12-3-2-4-18-10-12/h2-4,9-11H,5-8H2,1H3. The van der Waals surface area contributed by atoms with Crippen LogP contribution in [0.1, 0.15) is 10.4 Å². The number of amides is 1. The number of hydrogen-bond acceptors (Lipinski definition) is 5. The largest absolute Gasteiger partial charge is 0.378 e. The first-order chi connectivity index (χ1) is 11.7. The third kappa shape index (κ3) is 2.52. The third-order valence-electron chi connectivity index (χ3n) is 4.19. The summed E-state index contributed by atoms with van der Waals surface area (Å²) in [4.78, 5) is 23.6. The number of hydrogen-bond donors (Lipinski definition) is 0. The summed E-state index contributed by atoms with van der Waals surface area (Å²) in [6, 6.07) is 5.62. The van der Waals surface area contributed by atoms with Crippen LogP contribution in [-0.4, -0.2) is 56.9 Å². The van der Waals surface area contributed by atoms with Crippen LogP contribution in [0.2, 0.25) is 0 Å². The Hall–Kier alpha value is -2.80. The third-order valence-corrected chi connectivity index (χ3v) is 4.19. The van der Waals surface area contributed by atoms with Gasteiger partial charge in [-0.05, 0) is 18.2 Å². The van der Waals surface area contributed by atoms with Crippen LogP contribution in [0.4, 0.5) is 0 Å². The lowest BCUT2D eigenvalue weighted by atomic mass is 10.1. The normalized spacial score (nSPS) is 15.0. The molecule has 1 fully saturated rings. The van der Waals surface area contributed by atoms with E-state index >= 15 is 0 Å². The second-order valence-electron chi connectivity index (χ2n) is 5.71. The van der Waals surface area contributed by atoms with Crippen molar-refractivity contribution in [1.82, 2.24) is 24.6 Å². The summed E-state index contributed by atoms with van der Waals surface area (Å²) in [6.45, 7) is 2.35. The van der Waals surface area contributed by atoms with Crippen molar-refractivity contribution in [1.29, 1.82) is 0 Å². The van der Waals surface area contributed by atoms with Crippen molar-refractivity contribution < 1.29 is 9.53 Å². The topological polar surface area (TPSA) is 73.1 Å². The van der Waals surface area contributed by atoms with Crippen molar-refractivity contribution in [2.75, 3.05) is 26.3 Å². The van der Waals surface area contributed by atoms with E-state index in [0.717, 1.165) is 16.6 Å². The van der Waals surface area contributed by atoms with E-state index in [1.165, 1.54) is 0 Å². The lowest BCUT2D eigenvalue weighted by Gasteiger charge is -2.27. The molecule has 4 rings (SSSR count). The number of fused-ring (bicyclic) bond motifs is 1. The lowest BCUT2D eigenvalue weighted by Crippen LogP contribution is -2.40. The molecule has 1 aliphatic heterocycles. The van der Waals surface area contributed by atoms with Crippen molar-refractivity contribution in [3.8, 4) is 11.3 Å². The number of morpholine rings is 1. The van der Waals surface area contributed by atoms with Crippen molar-refractivity contribution >= 4 is 16.9 Å². The molecule has 4 heterocycles. The number of nitrogens with zero attached hydrogens (tertiary/aromatic N) is 5. The maximum absolute atomic E-state index is 13.0. The molecular formula is C17H17N5O2. The smallest absolute Gasteiger partial charge is 0.254 e. The summed E-state index contributed by atoms with van der Waals surface area (Å²) in [6.07, 6.45) is 5.16. The highest BCUT2D eigenvalue weighted by Gasteiger charge is 2.23. The van der Waals surface area contributed by atoms with Crippen LogP contribution < -0.4 is 0 Å². The summed E-state index contributed by atoms with van der Waals surface area (Å²) >= 11 is 0. The molecule has 3 aromatic rings. The van der Waals surface area contributed by atoms with E-state index in [2.05, 4.69) is 15.1 Å². The number of carbonyl (C=O) groups excluding carboxylic acids is 1. The van der Waals surface area contributed by atoms with E-state index in [-0.39, 0.29) is 5.91 Å². The SMILES string of the molecule is Cn1ncc2c(C(=O)N3CCOCC3)cc(-c3cccnc3)nc21. The van der Waals surface area contributed by atoms with Gasteiger partial charge >= 0.3 is 0 Å². The van der Waals surface area contributed by atoms with Crippen LogP contribution in [0.5, 0.6) is 0 Å². The summed E-state index contributed by atoms with van der Waals surface area (Å²) in [5, 5.41) is 5.03. The predicted octanol–water partition coefficient (Wildman–Crippen LogP) is 1.50. The fourth-order valence-corrected chi connectivity index (χ4v) is 2.89. The van der Waals surface area contributed by atoms with Gasteiger partial charge in [-0.1, -0.05) is 0 Å². The van der Waals surface area contributed by atoms with Crippen molar-refractivity contribution in [2.45, 2.75) is 0 Å². The lowest BCUT2D eigenvalue weighted by molar-refractivity contribution is 0.0304. The second kappa shape index (κ2) is 6.01. The summed E-state index contributed by atoms with van der Waals surface area (Å²) < 4.78 is 7.03. The van der Waals surface area contributed by atoms with E-state index in [1.807, 2.05) is 30.1 Å². The molecule has 7 nitrogen and oxygen atoms in total. The van der Waals surface area contributed by atoms with Crippen LogP contribution in [0.3, 0.4) is 0 Å². The maximum Gasteiger partial charge on any atom is 0.254 e. The van der Waals surface area contributed by atoms with Crippen molar-refractivity contribution in [3.63, 3.8) is 0 Å². The molecule has 0 unspecified atom stereocenters. The number of rotatable bonds is 2. The molecule has 0 saturated carbocycles. The molecular weight excluding hydrogens is 306 g/mol. The highest BCUT2D eigenvalue weighted by atomic mass is 16.5. The molecule has 1 aliphatic rings. The first-order valence-corrected chi connectivity index (χ1v) is 7.84. The molecule has 24 heavy (non-hydrogen) atoms. The molecule has 0 aliphatic carbocycles. The molecule has 7 heteroatoms. The van der Waals surface area contributed by atoms with E-state index in [1.54, 1.807) is 23.3 Å². The van der Waals surface area contributed by atoms with Crippen LogP contribution >= 0.6 is 0 Å². The van der Waals surface area contributed by atoms with E-state index in [0.29, 0.717) is 37.5 Å². The van der Waals surface area contributed by atoms with Crippen LogP contribution in [0.15, 0.2) is 36.8 Å². The molecule has 0 bridgehead atoms. The Morgan fingerprint density at radius 3 is 2.83 bits per heavy atom. The zero-order valence-electron chi connectivity index (χ0n) is 13.3. The minimum atomic E-state index is -0.0103. The summed E-state index contributed by atoms with van der Waals surface area (Å²) in [7, 11) is 1.82. The monoisotopic (exact) mass is 323 g/mol. The van der Waals surface area contributed by atoms with Gasteiger partial charge in [-0.15, -0.1) is 0 Å². The Labute approximate surface area is 138 Å². The summed E-state index contributed by atoms with van der Waals surface area (Å²) in [5.41, 5.74) is 2.90. The Bertz CT molecular complexity index is 885. The van der Waals surface area contributed by atoms with Crippen LogP contribution in [-0.2, 0) is 11.8 Å². The van der Waals surface area contributed by atoms with Gasteiger partial charge in [-0.25, -0.2) is 4.98 Å². The number of aryl methyl sites for hydroxylation is 1. The fraction of sp³-hybridized carbons (Fsp3) is 0.294. The van der Waals surface area contributed by atoms with E-state index in [9.17, 15) is 4.79 Å². The number of ether oxygens (including phenoxy) is 1. The number of pyridine rings is 2. The van der Waals surface area contributed by atoms with Crippen LogP contribution in [0, 0.1) is 0 Å². The molecule has 3 aromatic heterocycles. The minimum absolute atomic E-state index is 0.0103. The fourth-order valence-electron chi connectivity index (χ4n) is 2.89. The van der Waals surface area contributed by atoms with Crippen molar-refractivity contribution in [3.05, 3.63) is 42.4 Å². The van der Waals surface area contributed by atoms with E-state index < -0.39 is 0 Å². The van der Waals surface area contributed by atoms with Gasteiger partial charge in [0, 0.05) is 38.1 Å². The number of aromatic nitrogens is 4. The maximum atomic E-state index is 13.0. The van der Waals surface area contributed by atoms with Gasteiger partial charge in [-0.3, -0.25) is 14.5 Å². The molecule has 122 valence electrons. The highest BCUT2D eigenvalue weighted by molar-refractivity contribution is 6.06. The Morgan fingerprint density at radius 1 is 1.25 bits per heavy atom. The second-order valence-corrected chi connectivity index (χ2v) is 5.71. The molecule has 0 spiro atoms. The Morgan fingerprint density at radius 2 is 2.08 bits per heavy atom. The highest BCUT2D eigenvalue weighted by Crippen LogP contribution is 2.25. The molecule has 0 N–H and O–H groups in total. The molecule has 0 radical (unpaired) electrons. The Kier molecular flexibility index (Phi) is 3.70. The average molecular weight is 323 g/mol. The zero-order valence-corrected chi connectivity index (χ0v) is 13.3. The first-order valence-electron chi connectivity index (χ1n) is 7.84. The molecule has 0 atom stereocenters. The van der Waals surface area contributed by atoms with Gasteiger partial charge in [0.05, 0.1) is 36.1 Å². The quantitative estimate of drug-likeness (QED) is 0.714. The van der Waals surface area contributed by atoms with Crippen molar-refractivity contribution in [2.24, 2.45) is 7.05 Å². The van der Waals surface area contributed by atoms with Gasteiger partial charge in [0.25, 0.3) is 5.91 Å². The van der Waals surface area contributed by atoms with Crippen LogP contribution in [0.25, 0.3) is 22.3 Å². The zero-order chi connectivity index (χ0) is 16.5.